The Hall–Kier alpha value is -1.16. The molecule has 0 aliphatic heterocycles. The highest BCUT2D eigenvalue weighted by molar-refractivity contribution is 9.10. The van der Waals surface area contributed by atoms with Gasteiger partial charge in [0, 0.05) is 25.0 Å². The van der Waals surface area contributed by atoms with Crippen LogP contribution >= 0.6 is 15.9 Å². The highest BCUT2D eigenvalue weighted by atomic mass is 79.9. The minimum atomic E-state index is 0.390. The highest BCUT2D eigenvalue weighted by Gasteiger charge is 2.24. The van der Waals surface area contributed by atoms with E-state index in [1.165, 1.54) is 0 Å². The van der Waals surface area contributed by atoms with Gasteiger partial charge < -0.3 is 4.40 Å². The second-order valence-electron chi connectivity index (χ2n) is 4.53. The molecular formula is C13H13BrN2O. The lowest BCUT2D eigenvalue weighted by atomic mass is 9.88. The summed E-state index contributed by atoms with van der Waals surface area (Å²) in [7, 11) is 0. The number of hydrogen-bond donors (Lipinski definition) is 0. The van der Waals surface area contributed by atoms with E-state index in [4.69, 9.17) is 0 Å². The second-order valence-corrected chi connectivity index (χ2v) is 5.28. The van der Waals surface area contributed by atoms with E-state index in [2.05, 4.69) is 31.4 Å². The molecule has 88 valence electrons. The van der Waals surface area contributed by atoms with Crippen molar-refractivity contribution in [2.75, 3.05) is 0 Å². The van der Waals surface area contributed by atoms with E-state index in [1.54, 1.807) is 0 Å². The van der Waals surface area contributed by atoms with Crippen LogP contribution < -0.4 is 0 Å². The number of nitrogens with zero attached hydrogens (tertiary/aromatic N) is 2. The van der Waals surface area contributed by atoms with E-state index in [0.29, 0.717) is 24.5 Å². The fourth-order valence-corrected chi connectivity index (χ4v) is 3.01. The normalized spacial score (nSPS) is 17.8. The fraction of sp³-hybridized carbons (Fsp3) is 0.385. The van der Waals surface area contributed by atoms with E-state index in [9.17, 15) is 4.79 Å². The Kier molecular flexibility index (Phi) is 2.74. The molecule has 0 aromatic carbocycles. The van der Waals surface area contributed by atoms with Crippen LogP contribution in [0.1, 0.15) is 37.4 Å². The molecule has 2 aromatic heterocycles. The molecule has 0 spiro atoms. The number of carbonyl (C=O) groups is 1. The monoisotopic (exact) mass is 292 g/mol. The van der Waals surface area contributed by atoms with Crippen molar-refractivity contribution >= 4 is 27.2 Å². The third-order valence-corrected chi connectivity index (χ3v) is 4.02. The lowest BCUT2D eigenvalue weighted by Gasteiger charge is -2.19. The van der Waals surface area contributed by atoms with E-state index in [1.807, 2.05) is 18.3 Å². The molecule has 0 atom stereocenters. The van der Waals surface area contributed by atoms with Gasteiger partial charge >= 0.3 is 0 Å². The van der Waals surface area contributed by atoms with Crippen molar-refractivity contribution in [1.82, 2.24) is 9.38 Å². The molecule has 0 amide bonds. The molecule has 1 aliphatic rings. The summed E-state index contributed by atoms with van der Waals surface area (Å²) in [5.41, 5.74) is 1.10. The maximum Gasteiger partial charge on any atom is 0.132 e. The molecule has 2 heterocycles. The van der Waals surface area contributed by atoms with E-state index < -0.39 is 0 Å². The molecule has 0 saturated heterocycles. The minimum absolute atomic E-state index is 0.390. The first-order valence-electron chi connectivity index (χ1n) is 5.90. The van der Waals surface area contributed by atoms with Gasteiger partial charge in [0.2, 0.25) is 0 Å². The van der Waals surface area contributed by atoms with E-state index in [-0.39, 0.29) is 0 Å². The summed E-state index contributed by atoms with van der Waals surface area (Å²) < 4.78 is 3.02. The Labute approximate surface area is 108 Å². The number of Topliss-reactive ketones (excluding diaryl/α,β-unsaturated/α-hetero) is 1. The van der Waals surface area contributed by atoms with Gasteiger partial charge in [-0.15, -0.1) is 0 Å². The number of ketones is 1. The van der Waals surface area contributed by atoms with Crippen molar-refractivity contribution in [1.29, 1.82) is 0 Å². The summed E-state index contributed by atoms with van der Waals surface area (Å²) >= 11 is 3.50. The maximum atomic E-state index is 11.3. The van der Waals surface area contributed by atoms with Crippen molar-refractivity contribution in [3.8, 4) is 0 Å². The SMILES string of the molecule is O=C1CCC(c2nc(Br)c3ccccn23)CC1. The smallest absolute Gasteiger partial charge is 0.132 e. The van der Waals surface area contributed by atoms with Crippen molar-refractivity contribution in [3.63, 3.8) is 0 Å². The number of halogens is 1. The lowest BCUT2D eigenvalue weighted by molar-refractivity contribution is -0.120. The predicted molar refractivity (Wildman–Crippen MR) is 69.1 cm³/mol. The molecule has 0 unspecified atom stereocenters. The Morgan fingerprint density at radius 3 is 2.82 bits per heavy atom. The molecule has 0 radical (unpaired) electrons. The summed E-state index contributed by atoms with van der Waals surface area (Å²) in [4.78, 5) is 15.9. The number of pyridine rings is 1. The third kappa shape index (κ3) is 1.90. The van der Waals surface area contributed by atoms with Gasteiger partial charge in [0.1, 0.15) is 16.2 Å². The number of imidazole rings is 1. The van der Waals surface area contributed by atoms with Gasteiger partial charge in [-0.25, -0.2) is 4.98 Å². The van der Waals surface area contributed by atoms with Crippen molar-refractivity contribution < 1.29 is 4.79 Å². The Morgan fingerprint density at radius 2 is 2.06 bits per heavy atom. The number of hydrogen-bond acceptors (Lipinski definition) is 2. The van der Waals surface area contributed by atoms with Crippen LogP contribution in [0.2, 0.25) is 0 Å². The van der Waals surface area contributed by atoms with Crippen molar-refractivity contribution in [3.05, 3.63) is 34.8 Å². The summed E-state index contributed by atoms with van der Waals surface area (Å²) in [5, 5.41) is 0. The predicted octanol–water partition coefficient (Wildman–Crippen LogP) is 3.32. The molecule has 3 nitrogen and oxygen atoms in total. The quantitative estimate of drug-likeness (QED) is 0.808. The largest absolute Gasteiger partial charge is 0.302 e. The van der Waals surface area contributed by atoms with Gasteiger partial charge in [-0.2, -0.15) is 0 Å². The van der Waals surface area contributed by atoms with Crippen LogP contribution in [0.15, 0.2) is 29.0 Å². The molecule has 17 heavy (non-hydrogen) atoms. The van der Waals surface area contributed by atoms with Crippen molar-refractivity contribution in [2.24, 2.45) is 0 Å². The molecule has 2 aromatic rings. The average molecular weight is 293 g/mol. The summed E-state index contributed by atoms with van der Waals surface area (Å²) in [6, 6.07) is 6.07. The number of rotatable bonds is 1. The molecule has 4 heteroatoms. The first-order valence-corrected chi connectivity index (χ1v) is 6.69. The van der Waals surface area contributed by atoms with Crippen LogP contribution in [0.4, 0.5) is 0 Å². The number of fused-ring (bicyclic) bond motifs is 1. The maximum absolute atomic E-state index is 11.3. The number of carbonyl (C=O) groups excluding carboxylic acids is 1. The van der Waals surface area contributed by atoms with Crippen LogP contribution in [-0.4, -0.2) is 15.2 Å². The van der Waals surface area contributed by atoms with Gasteiger partial charge in [0.15, 0.2) is 0 Å². The molecular weight excluding hydrogens is 280 g/mol. The van der Waals surface area contributed by atoms with Gasteiger partial charge in [0.25, 0.3) is 0 Å². The third-order valence-electron chi connectivity index (χ3n) is 3.44. The Bertz CT molecular complexity index is 566. The molecule has 1 saturated carbocycles. The Balaban J connectivity index is 2.03. The lowest BCUT2D eigenvalue weighted by Crippen LogP contribution is -2.14. The zero-order chi connectivity index (χ0) is 11.8. The topological polar surface area (TPSA) is 34.4 Å². The van der Waals surface area contributed by atoms with Crippen LogP contribution in [-0.2, 0) is 4.79 Å². The zero-order valence-electron chi connectivity index (χ0n) is 9.40. The molecule has 1 fully saturated rings. The standard InChI is InChI=1S/C13H13BrN2O/c14-12-11-3-1-2-8-16(11)13(15-12)9-4-6-10(17)7-5-9/h1-3,8-9H,4-7H2. The minimum Gasteiger partial charge on any atom is -0.302 e. The first-order chi connectivity index (χ1) is 8.25. The summed E-state index contributed by atoms with van der Waals surface area (Å²) in [5.74, 6) is 1.88. The zero-order valence-corrected chi connectivity index (χ0v) is 11.0. The summed E-state index contributed by atoms with van der Waals surface area (Å²) in [6.45, 7) is 0. The fourth-order valence-electron chi connectivity index (χ4n) is 2.51. The van der Waals surface area contributed by atoms with Gasteiger partial charge in [0.05, 0.1) is 5.52 Å². The second kappa shape index (κ2) is 4.26. The highest BCUT2D eigenvalue weighted by Crippen LogP contribution is 2.32. The van der Waals surface area contributed by atoms with Crippen LogP contribution in [0.5, 0.6) is 0 Å². The van der Waals surface area contributed by atoms with Crippen molar-refractivity contribution in [2.45, 2.75) is 31.6 Å². The molecule has 0 N–H and O–H groups in total. The molecule has 3 rings (SSSR count). The van der Waals surface area contributed by atoms with Gasteiger partial charge in [-0.3, -0.25) is 4.79 Å². The van der Waals surface area contributed by atoms with Crippen LogP contribution in [0.25, 0.3) is 5.52 Å². The first kappa shape index (κ1) is 11.0. The average Bonchev–Trinajstić information content (AvgIpc) is 2.69. The molecule has 0 bridgehead atoms. The summed E-state index contributed by atoms with van der Waals surface area (Å²) in [6.07, 6.45) is 5.30. The van der Waals surface area contributed by atoms with Crippen LogP contribution in [0, 0.1) is 0 Å². The van der Waals surface area contributed by atoms with E-state index >= 15 is 0 Å². The van der Waals surface area contributed by atoms with Gasteiger partial charge in [-0.1, -0.05) is 6.07 Å². The van der Waals surface area contributed by atoms with E-state index in [0.717, 1.165) is 28.8 Å². The van der Waals surface area contributed by atoms with Crippen LogP contribution in [0.3, 0.4) is 0 Å². The van der Waals surface area contributed by atoms with Gasteiger partial charge in [-0.05, 0) is 40.9 Å². The Morgan fingerprint density at radius 1 is 1.29 bits per heavy atom. The molecule has 1 aliphatic carbocycles. The number of aromatic nitrogens is 2.